The van der Waals surface area contributed by atoms with Gasteiger partial charge in [0.25, 0.3) is 10.0 Å². The topological polar surface area (TPSA) is 62.7 Å². The first-order chi connectivity index (χ1) is 14.5. The highest BCUT2D eigenvalue weighted by atomic mass is 35.5. The van der Waals surface area contributed by atoms with E-state index in [1.807, 2.05) is 36.4 Å². The van der Waals surface area contributed by atoms with Crippen molar-refractivity contribution in [3.63, 3.8) is 0 Å². The Kier molecular flexibility index (Phi) is 6.22. The van der Waals surface area contributed by atoms with Crippen molar-refractivity contribution in [2.45, 2.75) is 11.4 Å². The molecule has 0 amide bonds. The monoisotopic (exact) mass is 443 g/mol. The van der Waals surface area contributed by atoms with Crippen LogP contribution >= 0.6 is 11.6 Å². The van der Waals surface area contributed by atoms with Crippen LogP contribution in [0.4, 0.5) is 11.4 Å². The largest absolute Gasteiger partial charge is 0.378 e. The summed E-state index contributed by atoms with van der Waals surface area (Å²) in [4.78, 5) is 6.34. The fourth-order valence-corrected chi connectivity index (χ4v) is 4.90. The summed E-state index contributed by atoms with van der Waals surface area (Å²) in [6.07, 6.45) is 2.93. The molecule has 0 unspecified atom stereocenters. The van der Waals surface area contributed by atoms with Gasteiger partial charge in [-0.25, -0.2) is 8.42 Å². The van der Waals surface area contributed by atoms with Crippen LogP contribution in [0.2, 0.25) is 5.02 Å². The Balaban J connectivity index is 1.74. The minimum atomic E-state index is -3.82. The third kappa shape index (κ3) is 4.59. The molecule has 1 aliphatic rings. The highest BCUT2D eigenvalue weighted by Crippen LogP contribution is 2.29. The van der Waals surface area contributed by atoms with Gasteiger partial charge in [-0.15, -0.1) is 0 Å². The number of hydrogen-bond donors (Lipinski definition) is 0. The van der Waals surface area contributed by atoms with Crippen molar-refractivity contribution in [2.75, 3.05) is 35.5 Å². The Hall–Kier alpha value is -2.61. The highest BCUT2D eigenvalue weighted by molar-refractivity contribution is 7.92. The van der Waals surface area contributed by atoms with Gasteiger partial charge in [0.2, 0.25) is 0 Å². The lowest BCUT2D eigenvalue weighted by Gasteiger charge is -2.30. The molecule has 8 heteroatoms. The van der Waals surface area contributed by atoms with Gasteiger partial charge in [0.1, 0.15) is 4.90 Å². The van der Waals surface area contributed by atoms with Crippen LogP contribution in [0.5, 0.6) is 0 Å². The first-order valence-electron chi connectivity index (χ1n) is 9.64. The molecular formula is C22H22ClN3O3S. The Bertz CT molecular complexity index is 1090. The van der Waals surface area contributed by atoms with E-state index >= 15 is 0 Å². The second-order valence-corrected chi connectivity index (χ2v) is 9.24. The molecule has 0 N–H and O–H groups in total. The van der Waals surface area contributed by atoms with Crippen LogP contribution < -0.4 is 9.21 Å². The van der Waals surface area contributed by atoms with Crippen LogP contribution in [-0.4, -0.2) is 39.7 Å². The van der Waals surface area contributed by atoms with Crippen molar-refractivity contribution in [2.24, 2.45) is 0 Å². The molecule has 6 nitrogen and oxygen atoms in total. The maximum absolute atomic E-state index is 13.5. The van der Waals surface area contributed by atoms with Crippen LogP contribution in [-0.2, 0) is 21.3 Å². The molecule has 0 saturated carbocycles. The predicted octanol–water partition coefficient (Wildman–Crippen LogP) is 3.97. The van der Waals surface area contributed by atoms with Gasteiger partial charge in [-0.1, -0.05) is 29.8 Å². The van der Waals surface area contributed by atoms with Crippen molar-refractivity contribution in [1.82, 2.24) is 4.98 Å². The zero-order valence-electron chi connectivity index (χ0n) is 16.3. The predicted molar refractivity (Wildman–Crippen MR) is 119 cm³/mol. The number of anilines is 2. The van der Waals surface area contributed by atoms with Crippen molar-refractivity contribution in [3.05, 3.63) is 83.6 Å². The fourth-order valence-electron chi connectivity index (χ4n) is 3.36. The number of ether oxygens (including phenoxy) is 1. The molecule has 0 aliphatic carbocycles. The van der Waals surface area contributed by atoms with E-state index in [1.54, 1.807) is 30.5 Å². The molecule has 0 atom stereocenters. The molecular weight excluding hydrogens is 422 g/mol. The molecule has 0 bridgehead atoms. The van der Waals surface area contributed by atoms with Gasteiger partial charge in [0, 0.05) is 36.2 Å². The minimum absolute atomic E-state index is 0.149. The molecule has 2 heterocycles. The van der Waals surface area contributed by atoms with E-state index in [4.69, 9.17) is 16.3 Å². The summed E-state index contributed by atoms with van der Waals surface area (Å²) in [5.74, 6) is 0. The zero-order valence-corrected chi connectivity index (χ0v) is 17.9. The second-order valence-electron chi connectivity index (χ2n) is 6.95. The van der Waals surface area contributed by atoms with Gasteiger partial charge in [-0.3, -0.25) is 9.29 Å². The Morgan fingerprint density at radius 2 is 1.80 bits per heavy atom. The standard InChI is InChI=1S/C22H22ClN3O3S/c23-19-8-6-18(7-9-19)17-26(30(27,28)22-5-2-10-24-16-22)21-4-1-3-20(15-21)25-11-13-29-14-12-25/h1-10,15-16H,11-14,17H2. The van der Waals surface area contributed by atoms with E-state index in [-0.39, 0.29) is 11.4 Å². The first kappa shape index (κ1) is 20.7. The number of nitrogens with zero attached hydrogens (tertiary/aromatic N) is 3. The van der Waals surface area contributed by atoms with Crippen LogP contribution in [0.25, 0.3) is 0 Å². The van der Waals surface area contributed by atoms with E-state index in [9.17, 15) is 8.42 Å². The fraction of sp³-hybridized carbons (Fsp3) is 0.227. The number of pyridine rings is 1. The van der Waals surface area contributed by atoms with Gasteiger partial charge < -0.3 is 9.64 Å². The van der Waals surface area contributed by atoms with Crippen molar-refractivity contribution in [1.29, 1.82) is 0 Å². The Morgan fingerprint density at radius 1 is 1.03 bits per heavy atom. The maximum Gasteiger partial charge on any atom is 0.266 e. The van der Waals surface area contributed by atoms with Gasteiger partial charge in [-0.05, 0) is 48.0 Å². The quantitative estimate of drug-likeness (QED) is 0.577. The number of sulfonamides is 1. The molecule has 1 aliphatic heterocycles. The lowest BCUT2D eigenvalue weighted by atomic mass is 10.2. The van der Waals surface area contributed by atoms with Crippen molar-refractivity contribution >= 4 is 33.0 Å². The normalized spacial score (nSPS) is 14.5. The lowest BCUT2D eigenvalue weighted by molar-refractivity contribution is 0.122. The number of rotatable bonds is 6. The van der Waals surface area contributed by atoms with E-state index in [0.717, 1.165) is 24.3 Å². The van der Waals surface area contributed by atoms with E-state index in [0.29, 0.717) is 23.9 Å². The van der Waals surface area contributed by atoms with E-state index < -0.39 is 10.0 Å². The molecule has 1 aromatic heterocycles. The van der Waals surface area contributed by atoms with Gasteiger partial charge in [-0.2, -0.15) is 0 Å². The average molecular weight is 444 g/mol. The van der Waals surface area contributed by atoms with Gasteiger partial charge in [0.05, 0.1) is 25.4 Å². The zero-order chi connectivity index (χ0) is 21.0. The van der Waals surface area contributed by atoms with Crippen LogP contribution in [0.3, 0.4) is 0 Å². The number of morpholine rings is 1. The van der Waals surface area contributed by atoms with E-state index in [2.05, 4.69) is 9.88 Å². The van der Waals surface area contributed by atoms with E-state index in [1.165, 1.54) is 10.5 Å². The molecule has 156 valence electrons. The van der Waals surface area contributed by atoms with Gasteiger partial charge >= 0.3 is 0 Å². The second kappa shape index (κ2) is 9.04. The van der Waals surface area contributed by atoms with Crippen LogP contribution in [0, 0.1) is 0 Å². The third-order valence-electron chi connectivity index (χ3n) is 4.96. The number of benzene rings is 2. The molecule has 3 aromatic rings. The lowest BCUT2D eigenvalue weighted by Crippen LogP contribution is -2.36. The van der Waals surface area contributed by atoms with Gasteiger partial charge in [0.15, 0.2) is 0 Å². The van der Waals surface area contributed by atoms with Crippen LogP contribution in [0.15, 0.2) is 78.0 Å². The summed E-state index contributed by atoms with van der Waals surface area (Å²) < 4.78 is 33.9. The first-order valence-corrected chi connectivity index (χ1v) is 11.5. The molecule has 1 fully saturated rings. The third-order valence-corrected chi connectivity index (χ3v) is 6.97. The van der Waals surface area contributed by atoms with Crippen molar-refractivity contribution < 1.29 is 13.2 Å². The van der Waals surface area contributed by atoms with Crippen LogP contribution in [0.1, 0.15) is 5.56 Å². The molecule has 0 spiro atoms. The molecule has 2 aromatic carbocycles. The summed E-state index contributed by atoms with van der Waals surface area (Å²) in [6, 6.07) is 18.0. The smallest absolute Gasteiger partial charge is 0.266 e. The number of aromatic nitrogens is 1. The summed E-state index contributed by atoms with van der Waals surface area (Å²) >= 11 is 6.00. The Morgan fingerprint density at radius 3 is 2.50 bits per heavy atom. The van der Waals surface area contributed by atoms with Crippen molar-refractivity contribution in [3.8, 4) is 0 Å². The molecule has 0 radical (unpaired) electrons. The molecule has 30 heavy (non-hydrogen) atoms. The number of hydrogen-bond acceptors (Lipinski definition) is 5. The Labute approximate surface area is 181 Å². The summed E-state index contributed by atoms with van der Waals surface area (Å²) in [6.45, 7) is 3.05. The molecule has 4 rings (SSSR count). The summed E-state index contributed by atoms with van der Waals surface area (Å²) in [5, 5.41) is 0.606. The highest BCUT2D eigenvalue weighted by Gasteiger charge is 2.26. The summed E-state index contributed by atoms with van der Waals surface area (Å²) in [7, 11) is -3.82. The number of halogens is 1. The minimum Gasteiger partial charge on any atom is -0.378 e. The molecule has 1 saturated heterocycles. The average Bonchev–Trinajstić information content (AvgIpc) is 2.80. The summed E-state index contributed by atoms with van der Waals surface area (Å²) in [5.41, 5.74) is 2.40. The SMILES string of the molecule is O=S(=O)(c1cccnc1)N(Cc1ccc(Cl)cc1)c1cccc(N2CCOCC2)c1. The maximum atomic E-state index is 13.5.